The summed E-state index contributed by atoms with van der Waals surface area (Å²) in [7, 11) is -3.61. The van der Waals surface area contributed by atoms with E-state index in [0.29, 0.717) is 15.4 Å². The number of aliphatic hydroxyl groups is 1. The van der Waals surface area contributed by atoms with E-state index >= 15 is 0 Å². The van der Waals surface area contributed by atoms with Gasteiger partial charge in [-0.15, -0.1) is 11.3 Å². The summed E-state index contributed by atoms with van der Waals surface area (Å²) in [4.78, 5) is 0. The standard InChI is InChI=1S/C11H16BrClN2O3S2/c12-11-9(13)6-10(19-11)20(17,18)15(4-5-16)7-8-2-1-3-14-8/h6,8,14,16H,1-5,7H2. The van der Waals surface area contributed by atoms with Crippen molar-refractivity contribution in [3.63, 3.8) is 0 Å². The normalized spacial score (nSPS) is 19.9. The number of hydrogen-bond acceptors (Lipinski definition) is 5. The van der Waals surface area contributed by atoms with Crippen LogP contribution in [0.2, 0.25) is 5.02 Å². The van der Waals surface area contributed by atoms with Crippen LogP contribution in [-0.2, 0) is 10.0 Å². The first kappa shape index (κ1) is 16.7. The summed E-state index contributed by atoms with van der Waals surface area (Å²) in [5.41, 5.74) is 0. The molecule has 1 aromatic rings. The number of sulfonamides is 1. The highest BCUT2D eigenvalue weighted by Gasteiger charge is 2.29. The van der Waals surface area contributed by atoms with Crippen LogP contribution in [0.1, 0.15) is 12.8 Å². The average molecular weight is 404 g/mol. The van der Waals surface area contributed by atoms with Crippen molar-refractivity contribution in [1.29, 1.82) is 0 Å². The van der Waals surface area contributed by atoms with E-state index in [2.05, 4.69) is 21.2 Å². The van der Waals surface area contributed by atoms with Crippen LogP contribution in [0.4, 0.5) is 0 Å². The summed E-state index contributed by atoms with van der Waals surface area (Å²) in [5, 5.41) is 12.8. The van der Waals surface area contributed by atoms with E-state index in [4.69, 9.17) is 16.7 Å². The Bertz CT molecular complexity index is 539. The number of aliphatic hydroxyl groups excluding tert-OH is 1. The van der Waals surface area contributed by atoms with Gasteiger partial charge in [0.2, 0.25) is 0 Å². The Morgan fingerprint density at radius 2 is 2.35 bits per heavy atom. The van der Waals surface area contributed by atoms with Crippen LogP contribution < -0.4 is 5.32 Å². The van der Waals surface area contributed by atoms with Crippen LogP contribution in [0.25, 0.3) is 0 Å². The second kappa shape index (κ2) is 7.04. The maximum absolute atomic E-state index is 12.6. The molecule has 5 nitrogen and oxygen atoms in total. The SMILES string of the molecule is O=S(=O)(c1cc(Cl)c(Br)s1)N(CCO)CC1CCCN1. The zero-order chi connectivity index (χ0) is 14.8. The third-order valence-corrected chi connectivity index (χ3v) is 7.94. The molecule has 0 spiro atoms. The van der Waals surface area contributed by atoms with Crippen molar-refractivity contribution >= 4 is 48.9 Å². The number of hydrogen-bond donors (Lipinski definition) is 2. The van der Waals surface area contributed by atoms with Gasteiger partial charge in [-0.25, -0.2) is 8.42 Å². The molecule has 9 heteroatoms. The molecule has 1 aliphatic heterocycles. The topological polar surface area (TPSA) is 69.6 Å². The molecule has 0 bridgehead atoms. The Kier molecular flexibility index (Phi) is 5.87. The van der Waals surface area contributed by atoms with Crippen LogP contribution in [0.5, 0.6) is 0 Å². The predicted octanol–water partition coefficient (Wildman–Crippen LogP) is 1.90. The largest absolute Gasteiger partial charge is 0.395 e. The monoisotopic (exact) mass is 402 g/mol. The van der Waals surface area contributed by atoms with Crippen LogP contribution in [-0.4, -0.2) is 50.1 Å². The van der Waals surface area contributed by atoms with E-state index in [9.17, 15) is 8.42 Å². The molecule has 20 heavy (non-hydrogen) atoms. The van der Waals surface area contributed by atoms with Gasteiger partial charge in [-0.1, -0.05) is 11.6 Å². The van der Waals surface area contributed by atoms with E-state index in [0.717, 1.165) is 30.7 Å². The average Bonchev–Trinajstić information content (AvgIpc) is 3.00. The number of nitrogens with one attached hydrogen (secondary N) is 1. The molecule has 1 saturated heterocycles. The molecule has 0 radical (unpaired) electrons. The predicted molar refractivity (Wildman–Crippen MR) is 83.9 cm³/mol. The Balaban J connectivity index is 2.21. The molecular weight excluding hydrogens is 388 g/mol. The van der Waals surface area contributed by atoms with Crippen LogP contribution in [0.15, 0.2) is 14.1 Å². The van der Waals surface area contributed by atoms with Gasteiger partial charge in [0.05, 0.1) is 15.4 Å². The fourth-order valence-corrected chi connectivity index (χ4v) is 6.19. The second-order valence-electron chi connectivity index (χ2n) is 4.57. The van der Waals surface area contributed by atoms with Gasteiger partial charge in [-0.3, -0.25) is 0 Å². The summed E-state index contributed by atoms with van der Waals surface area (Å²) < 4.78 is 27.3. The molecule has 0 saturated carbocycles. The van der Waals surface area contributed by atoms with Crippen molar-refractivity contribution in [1.82, 2.24) is 9.62 Å². The minimum absolute atomic E-state index is 0.0909. The Morgan fingerprint density at radius 1 is 1.60 bits per heavy atom. The molecule has 2 N–H and O–H groups in total. The highest BCUT2D eigenvalue weighted by molar-refractivity contribution is 9.11. The van der Waals surface area contributed by atoms with Crippen molar-refractivity contribution in [2.45, 2.75) is 23.1 Å². The lowest BCUT2D eigenvalue weighted by atomic mass is 10.2. The maximum atomic E-state index is 12.6. The van der Waals surface area contributed by atoms with E-state index < -0.39 is 10.0 Å². The van der Waals surface area contributed by atoms with Gasteiger partial charge >= 0.3 is 0 Å². The van der Waals surface area contributed by atoms with E-state index in [1.54, 1.807) is 0 Å². The van der Waals surface area contributed by atoms with Gasteiger partial charge in [0.15, 0.2) is 0 Å². The third kappa shape index (κ3) is 3.73. The lowest BCUT2D eigenvalue weighted by Crippen LogP contribution is -2.42. The van der Waals surface area contributed by atoms with Gasteiger partial charge in [-0.05, 0) is 41.4 Å². The Morgan fingerprint density at radius 3 is 2.85 bits per heavy atom. The molecule has 0 aromatic carbocycles. The molecule has 1 atom stereocenters. The highest BCUT2D eigenvalue weighted by atomic mass is 79.9. The smallest absolute Gasteiger partial charge is 0.252 e. The lowest BCUT2D eigenvalue weighted by molar-refractivity contribution is 0.246. The molecule has 1 aromatic heterocycles. The molecule has 0 amide bonds. The fraction of sp³-hybridized carbons (Fsp3) is 0.636. The van der Waals surface area contributed by atoms with E-state index in [1.165, 1.54) is 10.4 Å². The summed E-state index contributed by atoms with van der Waals surface area (Å²) in [5.74, 6) is 0. The minimum atomic E-state index is -3.61. The van der Waals surface area contributed by atoms with Crippen molar-refractivity contribution in [2.75, 3.05) is 26.2 Å². The van der Waals surface area contributed by atoms with Crippen LogP contribution in [0, 0.1) is 0 Å². The first-order chi connectivity index (χ1) is 9.45. The molecule has 2 heterocycles. The quantitative estimate of drug-likeness (QED) is 0.761. The van der Waals surface area contributed by atoms with Gasteiger partial charge in [0, 0.05) is 19.1 Å². The number of thiophene rings is 1. The molecule has 1 aliphatic rings. The number of nitrogens with zero attached hydrogens (tertiary/aromatic N) is 1. The molecule has 114 valence electrons. The molecular formula is C11H16BrClN2O3S2. The van der Waals surface area contributed by atoms with Crippen LogP contribution >= 0.6 is 38.9 Å². The number of halogens is 2. The van der Waals surface area contributed by atoms with E-state index in [1.807, 2.05) is 0 Å². The summed E-state index contributed by atoms with van der Waals surface area (Å²) >= 11 is 10.2. The van der Waals surface area contributed by atoms with Gasteiger partial charge in [0.1, 0.15) is 4.21 Å². The molecule has 1 fully saturated rings. The number of rotatable bonds is 6. The van der Waals surface area contributed by atoms with Crippen molar-refractivity contribution in [3.05, 3.63) is 14.9 Å². The zero-order valence-corrected chi connectivity index (χ0v) is 14.7. The third-order valence-electron chi connectivity index (χ3n) is 3.15. The van der Waals surface area contributed by atoms with Crippen molar-refractivity contribution in [3.8, 4) is 0 Å². The van der Waals surface area contributed by atoms with Crippen molar-refractivity contribution < 1.29 is 13.5 Å². The zero-order valence-electron chi connectivity index (χ0n) is 10.7. The van der Waals surface area contributed by atoms with E-state index in [-0.39, 0.29) is 23.4 Å². The second-order valence-corrected chi connectivity index (χ2v) is 9.51. The summed E-state index contributed by atoms with van der Waals surface area (Å²) in [6, 6.07) is 1.59. The molecule has 0 aliphatic carbocycles. The Hall–Kier alpha value is 0.300. The first-order valence-electron chi connectivity index (χ1n) is 6.24. The first-order valence-corrected chi connectivity index (χ1v) is 9.67. The lowest BCUT2D eigenvalue weighted by Gasteiger charge is -2.23. The van der Waals surface area contributed by atoms with Crippen LogP contribution in [0.3, 0.4) is 0 Å². The fourth-order valence-electron chi connectivity index (χ4n) is 2.16. The van der Waals surface area contributed by atoms with Crippen molar-refractivity contribution in [2.24, 2.45) is 0 Å². The summed E-state index contributed by atoms with van der Waals surface area (Å²) in [6.07, 6.45) is 2.00. The van der Waals surface area contributed by atoms with Gasteiger partial charge in [0.25, 0.3) is 10.0 Å². The maximum Gasteiger partial charge on any atom is 0.252 e. The molecule has 2 rings (SSSR count). The Labute approximate surface area is 136 Å². The minimum Gasteiger partial charge on any atom is -0.395 e. The highest BCUT2D eigenvalue weighted by Crippen LogP contribution is 2.36. The van der Waals surface area contributed by atoms with Gasteiger partial charge < -0.3 is 10.4 Å². The molecule has 1 unspecified atom stereocenters. The van der Waals surface area contributed by atoms with Gasteiger partial charge in [-0.2, -0.15) is 4.31 Å². The summed E-state index contributed by atoms with van der Waals surface area (Å²) in [6.45, 7) is 1.17.